The summed E-state index contributed by atoms with van der Waals surface area (Å²) in [5.74, 6) is 6.31. The second-order valence-corrected chi connectivity index (χ2v) is 16.8. The van der Waals surface area contributed by atoms with Crippen molar-refractivity contribution in [3.63, 3.8) is 0 Å². The van der Waals surface area contributed by atoms with Crippen molar-refractivity contribution in [3.05, 3.63) is 255 Å². The van der Waals surface area contributed by atoms with Gasteiger partial charge in [0.2, 0.25) is 0 Å². The Bertz CT molecular complexity index is 3170. The predicted molar refractivity (Wildman–Crippen MR) is 278 cm³/mol. The van der Waals surface area contributed by atoms with Gasteiger partial charge in [-0.15, -0.1) is 0 Å². The van der Waals surface area contributed by atoms with Gasteiger partial charge in [0.1, 0.15) is 46.0 Å². The molecule has 0 amide bonds. The summed E-state index contributed by atoms with van der Waals surface area (Å²) >= 11 is 0. The van der Waals surface area contributed by atoms with Gasteiger partial charge in [-0.05, 0) is 186 Å². The van der Waals surface area contributed by atoms with E-state index in [4.69, 9.17) is 18.9 Å². The number of para-hydroxylation sites is 4. The molecule has 68 heavy (non-hydrogen) atoms. The van der Waals surface area contributed by atoms with Crippen molar-refractivity contribution in [2.75, 3.05) is 0 Å². The molecule has 0 atom stereocenters. The van der Waals surface area contributed by atoms with Crippen LogP contribution in [-0.2, 0) is 0 Å². The molecule has 0 aliphatic heterocycles. The summed E-state index contributed by atoms with van der Waals surface area (Å²) in [7, 11) is 0. The van der Waals surface area contributed by atoms with Gasteiger partial charge in [-0.1, -0.05) is 146 Å². The van der Waals surface area contributed by atoms with E-state index in [1.165, 1.54) is 32.3 Å². The van der Waals surface area contributed by atoms with Crippen LogP contribution in [0.4, 0.5) is 0 Å². The van der Waals surface area contributed by atoms with E-state index in [9.17, 15) is 0 Å². The van der Waals surface area contributed by atoms with Crippen LogP contribution in [-0.4, -0.2) is 0 Å². The number of hydrogen-bond donors (Lipinski definition) is 0. The van der Waals surface area contributed by atoms with Crippen LogP contribution in [0, 0.1) is 0 Å². The quantitative estimate of drug-likeness (QED) is 0.115. The molecule has 322 valence electrons. The summed E-state index contributed by atoms with van der Waals surface area (Å²) in [6.45, 7) is 0. The molecule has 0 saturated heterocycles. The van der Waals surface area contributed by atoms with Gasteiger partial charge < -0.3 is 18.9 Å². The van der Waals surface area contributed by atoms with Gasteiger partial charge in [0.15, 0.2) is 0 Å². The highest BCUT2D eigenvalue weighted by molar-refractivity contribution is 6.32. The Hall–Kier alpha value is -9.12. The van der Waals surface area contributed by atoms with Crippen molar-refractivity contribution in [3.8, 4) is 90.5 Å². The monoisotopic (exact) mass is 874 g/mol. The van der Waals surface area contributed by atoms with Crippen molar-refractivity contribution in [1.82, 2.24) is 0 Å². The maximum atomic E-state index is 6.25. The third-order valence-electron chi connectivity index (χ3n) is 12.5. The van der Waals surface area contributed by atoms with Gasteiger partial charge >= 0.3 is 0 Å². The van der Waals surface area contributed by atoms with Crippen molar-refractivity contribution in [2.45, 2.75) is 0 Å². The molecule has 0 fully saturated rings. The molecule has 0 unspecified atom stereocenters. The number of hydrogen-bond acceptors (Lipinski definition) is 4. The zero-order valence-electron chi connectivity index (χ0n) is 36.9. The van der Waals surface area contributed by atoms with E-state index in [1.807, 2.05) is 121 Å². The van der Waals surface area contributed by atoms with E-state index in [-0.39, 0.29) is 0 Å². The van der Waals surface area contributed by atoms with Gasteiger partial charge in [-0.3, -0.25) is 0 Å². The minimum absolute atomic E-state index is 0.779. The summed E-state index contributed by atoms with van der Waals surface area (Å²) in [5.41, 5.74) is 8.91. The molecule has 0 radical (unpaired) electrons. The first-order chi connectivity index (χ1) is 33.7. The highest BCUT2D eigenvalue weighted by Crippen LogP contribution is 2.49. The van der Waals surface area contributed by atoms with Crippen LogP contribution in [0.2, 0.25) is 0 Å². The van der Waals surface area contributed by atoms with Gasteiger partial charge in [0.05, 0.1) is 0 Å². The molecular weight excluding hydrogens is 833 g/mol. The standard InChI is InChI=1S/C64H42O4/c1-5-13-47(14-6-1)65-51-29-21-43(22-30-51)59-41-60(44-23-31-52(32-24-44)66-48-15-7-2-8-16-48)56-39-40-58-62(46-27-35-54(36-28-46)68-50-19-11-4-12-20-50)42-61(57-38-37-55(59)63(56)64(57)58)45-25-33-53(34-26-45)67-49-17-9-3-10-18-49/h1-42H. The Labute approximate surface area is 394 Å². The normalized spacial score (nSPS) is 11.2. The van der Waals surface area contributed by atoms with Crippen molar-refractivity contribution in [1.29, 1.82) is 0 Å². The fourth-order valence-electron chi connectivity index (χ4n) is 9.26. The van der Waals surface area contributed by atoms with Gasteiger partial charge in [0, 0.05) is 0 Å². The minimum atomic E-state index is 0.779. The average Bonchev–Trinajstić information content (AvgIpc) is 3.40. The summed E-state index contributed by atoms with van der Waals surface area (Å²) < 4.78 is 25.0. The van der Waals surface area contributed by atoms with Crippen LogP contribution in [0.3, 0.4) is 0 Å². The summed E-state index contributed by atoms with van der Waals surface area (Å²) in [6.07, 6.45) is 0. The number of benzene rings is 12. The Morgan fingerprint density at radius 3 is 0.574 bits per heavy atom. The summed E-state index contributed by atoms with van der Waals surface area (Å²) in [5, 5.41) is 7.09. The summed E-state index contributed by atoms with van der Waals surface area (Å²) in [6, 6.07) is 87.3. The Morgan fingerprint density at radius 2 is 0.368 bits per heavy atom. The molecule has 12 aromatic rings. The largest absolute Gasteiger partial charge is 0.457 e. The highest BCUT2D eigenvalue weighted by Gasteiger charge is 2.21. The Balaban J connectivity index is 1.05. The summed E-state index contributed by atoms with van der Waals surface area (Å²) in [4.78, 5) is 0. The number of rotatable bonds is 12. The van der Waals surface area contributed by atoms with Crippen molar-refractivity contribution < 1.29 is 18.9 Å². The third kappa shape index (κ3) is 8.01. The molecule has 0 aliphatic carbocycles. The van der Waals surface area contributed by atoms with Gasteiger partial charge in [0.25, 0.3) is 0 Å². The molecule has 12 aromatic carbocycles. The van der Waals surface area contributed by atoms with Gasteiger partial charge in [-0.25, -0.2) is 0 Å². The topological polar surface area (TPSA) is 36.9 Å². The third-order valence-corrected chi connectivity index (χ3v) is 12.5. The zero-order valence-corrected chi connectivity index (χ0v) is 36.9. The molecule has 4 heteroatoms. The first-order valence-corrected chi connectivity index (χ1v) is 22.8. The molecular formula is C64H42O4. The molecule has 12 rings (SSSR count). The minimum Gasteiger partial charge on any atom is -0.457 e. The second-order valence-electron chi connectivity index (χ2n) is 16.8. The molecule has 0 N–H and O–H groups in total. The van der Waals surface area contributed by atoms with E-state index in [0.29, 0.717) is 0 Å². The van der Waals surface area contributed by atoms with Gasteiger partial charge in [-0.2, -0.15) is 0 Å². The maximum absolute atomic E-state index is 6.25. The van der Waals surface area contributed by atoms with Crippen LogP contribution in [0.25, 0.3) is 76.8 Å². The molecule has 0 aliphatic rings. The zero-order chi connectivity index (χ0) is 45.2. The molecule has 4 nitrogen and oxygen atoms in total. The molecule has 0 bridgehead atoms. The van der Waals surface area contributed by atoms with E-state index in [0.717, 1.165) is 90.5 Å². The second kappa shape index (κ2) is 17.7. The van der Waals surface area contributed by atoms with Crippen LogP contribution >= 0.6 is 0 Å². The smallest absolute Gasteiger partial charge is 0.127 e. The molecule has 0 heterocycles. The van der Waals surface area contributed by atoms with E-state index in [2.05, 4.69) is 133 Å². The highest BCUT2D eigenvalue weighted by atomic mass is 16.5. The van der Waals surface area contributed by atoms with Crippen LogP contribution in [0.5, 0.6) is 46.0 Å². The van der Waals surface area contributed by atoms with Crippen LogP contribution < -0.4 is 18.9 Å². The van der Waals surface area contributed by atoms with Crippen LogP contribution in [0.1, 0.15) is 0 Å². The van der Waals surface area contributed by atoms with E-state index < -0.39 is 0 Å². The lowest BCUT2D eigenvalue weighted by Crippen LogP contribution is -1.95. The number of ether oxygens (including phenoxy) is 4. The Morgan fingerprint density at radius 1 is 0.176 bits per heavy atom. The van der Waals surface area contributed by atoms with E-state index in [1.54, 1.807) is 0 Å². The lowest BCUT2D eigenvalue weighted by molar-refractivity contribution is 0.482. The van der Waals surface area contributed by atoms with E-state index >= 15 is 0 Å². The molecule has 0 aromatic heterocycles. The SMILES string of the molecule is c1ccc(Oc2ccc(-c3cc(-c4ccc(Oc5ccccc5)cc4)c4ccc5c(-c6ccc(Oc7ccccc7)cc6)cc(-c6ccc(Oc7ccccc7)cc6)c6ccc3c4c65)cc2)cc1. The predicted octanol–water partition coefficient (Wildman–Crippen LogP) is 18.4. The lowest BCUT2D eigenvalue weighted by Gasteiger charge is -2.22. The fourth-order valence-corrected chi connectivity index (χ4v) is 9.26. The Kier molecular flexibility index (Phi) is 10.5. The van der Waals surface area contributed by atoms with Crippen molar-refractivity contribution in [2.24, 2.45) is 0 Å². The first-order valence-electron chi connectivity index (χ1n) is 22.8. The molecule has 0 spiro atoms. The maximum Gasteiger partial charge on any atom is 0.127 e. The van der Waals surface area contributed by atoms with Crippen molar-refractivity contribution >= 4 is 32.3 Å². The van der Waals surface area contributed by atoms with Crippen LogP contribution in [0.15, 0.2) is 255 Å². The lowest BCUT2D eigenvalue weighted by atomic mass is 9.82. The molecule has 0 saturated carbocycles. The fraction of sp³-hybridized carbons (Fsp3) is 0. The average molecular weight is 875 g/mol. The first kappa shape index (κ1) is 40.4.